The lowest BCUT2D eigenvalue weighted by atomic mass is 9.42. The van der Waals surface area contributed by atoms with Crippen LogP contribution < -0.4 is 0 Å². The summed E-state index contributed by atoms with van der Waals surface area (Å²) in [7, 11) is 0. The topological polar surface area (TPSA) is 0 Å². The molecular weight excluding hydrogens is 240 g/mol. The molecule has 4 rings (SSSR count). The summed E-state index contributed by atoms with van der Waals surface area (Å²) >= 11 is 0. The van der Waals surface area contributed by atoms with Gasteiger partial charge in [0.1, 0.15) is 0 Å². The van der Waals surface area contributed by atoms with Crippen molar-refractivity contribution in [1.29, 1.82) is 0 Å². The van der Waals surface area contributed by atoms with E-state index in [2.05, 4.69) is 40.7 Å². The third kappa shape index (κ3) is 1.30. The van der Waals surface area contributed by atoms with Gasteiger partial charge in [0, 0.05) is 0 Å². The van der Waals surface area contributed by atoms with Crippen LogP contribution in [0.2, 0.25) is 0 Å². The molecule has 0 aromatic carbocycles. The maximum atomic E-state index is 2.72. The van der Waals surface area contributed by atoms with E-state index in [9.17, 15) is 0 Å². The number of allylic oxidation sites excluding steroid dienone is 2. The van der Waals surface area contributed by atoms with Crippen LogP contribution in [-0.2, 0) is 0 Å². The summed E-state index contributed by atoms with van der Waals surface area (Å²) in [6, 6.07) is 0. The molecule has 20 heavy (non-hydrogen) atoms. The van der Waals surface area contributed by atoms with Gasteiger partial charge in [-0.15, -0.1) is 0 Å². The average Bonchev–Trinajstić information content (AvgIpc) is 2.83. The molecule has 0 N–H and O–H groups in total. The summed E-state index contributed by atoms with van der Waals surface area (Å²) < 4.78 is 0. The molecule has 0 aliphatic heterocycles. The van der Waals surface area contributed by atoms with Crippen molar-refractivity contribution in [3.05, 3.63) is 11.6 Å². The Kier molecular flexibility index (Phi) is 2.50. The molecule has 6 atom stereocenters. The summed E-state index contributed by atoms with van der Waals surface area (Å²) in [5.74, 6) is 3.75. The zero-order valence-corrected chi connectivity index (χ0v) is 14.1. The molecule has 0 unspecified atom stereocenters. The van der Waals surface area contributed by atoms with Crippen LogP contribution in [0, 0.1) is 39.9 Å². The van der Waals surface area contributed by atoms with E-state index in [1.54, 1.807) is 0 Å². The van der Waals surface area contributed by atoms with Crippen molar-refractivity contribution in [3.63, 3.8) is 0 Å². The minimum Gasteiger partial charge on any atom is -0.0842 e. The van der Waals surface area contributed by atoms with Crippen LogP contribution in [0.25, 0.3) is 0 Å². The van der Waals surface area contributed by atoms with Crippen molar-refractivity contribution < 1.29 is 0 Å². The lowest BCUT2D eigenvalue weighted by Gasteiger charge is -2.62. The monoisotopic (exact) mass is 272 g/mol. The van der Waals surface area contributed by atoms with Crippen molar-refractivity contribution in [2.24, 2.45) is 39.9 Å². The maximum Gasteiger partial charge on any atom is -0.00230 e. The summed E-state index contributed by atoms with van der Waals surface area (Å²) in [5, 5.41) is 0. The highest BCUT2D eigenvalue weighted by atomic mass is 14.7. The molecule has 0 nitrogen and oxygen atoms in total. The normalized spacial score (nSPS) is 56.1. The first-order valence-corrected chi connectivity index (χ1v) is 9.02. The number of fused-ring (bicyclic) bond motifs is 2. The van der Waals surface area contributed by atoms with E-state index in [0.29, 0.717) is 16.2 Å². The summed E-state index contributed by atoms with van der Waals surface area (Å²) in [4.78, 5) is 0. The maximum absolute atomic E-state index is 2.72. The second kappa shape index (κ2) is 3.73. The predicted molar refractivity (Wildman–Crippen MR) is 85.4 cm³/mol. The first kappa shape index (κ1) is 13.4. The van der Waals surface area contributed by atoms with Gasteiger partial charge in [0.25, 0.3) is 0 Å². The Morgan fingerprint density at radius 3 is 2.55 bits per heavy atom. The number of rotatable bonds is 0. The standard InChI is InChI=1S/C20H32/c1-13-11-20-12-15(13)14(2)16(20)7-8-17-18(3,4)9-6-10-19(17,20)5/h7,13-15,17H,6,8-12H2,1-5H3/t13-,14-,15-,17+,19+,20+/m1/s1. The van der Waals surface area contributed by atoms with Crippen LogP contribution in [0.4, 0.5) is 0 Å². The molecule has 0 aromatic heterocycles. The fraction of sp³-hybridized carbons (Fsp3) is 0.900. The van der Waals surface area contributed by atoms with E-state index >= 15 is 0 Å². The number of hydrogen-bond donors (Lipinski definition) is 0. The fourth-order valence-corrected chi connectivity index (χ4v) is 7.66. The van der Waals surface area contributed by atoms with Gasteiger partial charge in [-0.1, -0.05) is 52.7 Å². The largest absolute Gasteiger partial charge is 0.0842 e. The van der Waals surface area contributed by atoms with Crippen LogP contribution in [-0.4, -0.2) is 0 Å². The van der Waals surface area contributed by atoms with Crippen LogP contribution in [0.3, 0.4) is 0 Å². The summed E-state index contributed by atoms with van der Waals surface area (Å²) in [6.45, 7) is 12.9. The predicted octanol–water partition coefficient (Wildman–Crippen LogP) is 5.83. The highest BCUT2D eigenvalue weighted by Crippen LogP contribution is 2.76. The van der Waals surface area contributed by atoms with Crippen molar-refractivity contribution in [2.75, 3.05) is 0 Å². The molecule has 4 aliphatic rings. The van der Waals surface area contributed by atoms with Gasteiger partial charge in [0.2, 0.25) is 0 Å². The van der Waals surface area contributed by atoms with Gasteiger partial charge in [0.05, 0.1) is 0 Å². The lowest BCUT2D eigenvalue weighted by molar-refractivity contribution is -0.0849. The van der Waals surface area contributed by atoms with Crippen molar-refractivity contribution in [3.8, 4) is 0 Å². The van der Waals surface area contributed by atoms with E-state index in [0.717, 1.165) is 23.7 Å². The molecule has 3 fully saturated rings. The van der Waals surface area contributed by atoms with Crippen molar-refractivity contribution in [1.82, 2.24) is 0 Å². The highest BCUT2D eigenvalue weighted by molar-refractivity contribution is 5.36. The molecule has 0 heterocycles. The van der Waals surface area contributed by atoms with E-state index in [1.165, 1.54) is 38.5 Å². The molecule has 112 valence electrons. The average molecular weight is 272 g/mol. The van der Waals surface area contributed by atoms with Gasteiger partial charge in [-0.25, -0.2) is 0 Å². The van der Waals surface area contributed by atoms with Gasteiger partial charge in [0.15, 0.2) is 0 Å². The Labute approximate surface area is 125 Å². The Morgan fingerprint density at radius 2 is 1.80 bits per heavy atom. The molecule has 2 bridgehead atoms. The van der Waals surface area contributed by atoms with Crippen molar-refractivity contribution in [2.45, 2.75) is 73.1 Å². The molecular formula is C20H32. The number of hydrogen-bond acceptors (Lipinski definition) is 0. The second-order valence-electron chi connectivity index (χ2n) is 9.63. The van der Waals surface area contributed by atoms with Gasteiger partial charge >= 0.3 is 0 Å². The Hall–Kier alpha value is -0.260. The van der Waals surface area contributed by atoms with Gasteiger partial charge in [-0.05, 0) is 72.0 Å². The van der Waals surface area contributed by atoms with Crippen LogP contribution in [0.1, 0.15) is 73.1 Å². The van der Waals surface area contributed by atoms with Crippen LogP contribution >= 0.6 is 0 Å². The first-order chi connectivity index (χ1) is 9.32. The molecule has 0 heteroatoms. The Morgan fingerprint density at radius 1 is 1.05 bits per heavy atom. The van der Waals surface area contributed by atoms with Crippen LogP contribution in [0.15, 0.2) is 11.6 Å². The third-order valence-electron chi connectivity index (χ3n) is 8.57. The smallest absolute Gasteiger partial charge is 0.00230 e. The van der Waals surface area contributed by atoms with E-state index in [1.807, 2.05) is 5.57 Å². The first-order valence-electron chi connectivity index (χ1n) is 9.02. The van der Waals surface area contributed by atoms with E-state index in [-0.39, 0.29) is 0 Å². The summed E-state index contributed by atoms with van der Waals surface area (Å²) in [5.41, 5.74) is 3.64. The SMILES string of the molecule is C[C@@H]1C[C@]23C[C@H]1[C@@H](C)C2=CC[C@H]1C(C)(C)CCC[C@@]13C. The molecule has 0 aromatic rings. The highest BCUT2D eigenvalue weighted by Gasteiger charge is 2.67. The molecule has 0 saturated heterocycles. The minimum absolute atomic E-state index is 0.553. The summed E-state index contributed by atoms with van der Waals surface area (Å²) in [6.07, 6.45) is 11.5. The van der Waals surface area contributed by atoms with Gasteiger partial charge in [-0.2, -0.15) is 0 Å². The second-order valence-corrected chi connectivity index (χ2v) is 9.63. The fourth-order valence-electron chi connectivity index (χ4n) is 7.66. The van der Waals surface area contributed by atoms with Crippen LogP contribution in [0.5, 0.6) is 0 Å². The third-order valence-corrected chi connectivity index (χ3v) is 8.57. The van der Waals surface area contributed by atoms with E-state index in [4.69, 9.17) is 0 Å². The zero-order valence-electron chi connectivity index (χ0n) is 14.1. The molecule has 3 saturated carbocycles. The van der Waals surface area contributed by atoms with Gasteiger partial charge in [-0.3, -0.25) is 0 Å². The minimum atomic E-state index is 0.553. The Bertz CT molecular complexity index is 470. The van der Waals surface area contributed by atoms with E-state index < -0.39 is 0 Å². The van der Waals surface area contributed by atoms with Gasteiger partial charge < -0.3 is 0 Å². The van der Waals surface area contributed by atoms with Crippen molar-refractivity contribution >= 4 is 0 Å². The Balaban J connectivity index is 1.86. The molecule has 1 spiro atoms. The molecule has 4 aliphatic carbocycles. The quantitative estimate of drug-likeness (QED) is 0.487. The molecule has 0 radical (unpaired) electrons. The zero-order chi connectivity index (χ0) is 14.3. The molecule has 0 amide bonds. The lowest BCUT2D eigenvalue weighted by Crippen LogP contribution is -2.54.